The lowest BCUT2D eigenvalue weighted by Gasteiger charge is -2.08. The predicted molar refractivity (Wildman–Crippen MR) is 111 cm³/mol. The molecule has 0 aliphatic carbocycles. The Hall–Kier alpha value is -2.86. The van der Waals surface area contributed by atoms with Crippen molar-refractivity contribution in [2.45, 2.75) is 18.2 Å². The monoisotopic (exact) mass is 378 g/mol. The van der Waals surface area contributed by atoms with Gasteiger partial charge in [-0.15, -0.1) is 11.8 Å². The average molecular weight is 379 g/mol. The van der Waals surface area contributed by atoms with E-state index >= 15 is 0 Å². The van der Waals surface area contributed by atoms with Crippen molar-refractivity contribution in [3.05, 3.63) is 72.6 Å². The molecule has 2 amide bonds. The summed E-state index contributed by atoms with van der Waals surface area (Å²) in [5.74, 6) is 1.65. The fourth-order valence-electron chi connectivity index (χ4n) is 2.45. The molecule has 0 unspecified atom stereocenters. The molecule has 138 valence electrons. The lowest BCUT2D eigenvalue weighted by atomic mass is 10.2. The SMILES string of the molecule is Cc1ccnc(-c2ccc(NC(=O)NCCCSc3ccccc3)cc2)n1. The number of thioether (sulfide) groups is 1. The van der Waals surface area contributed by atoms with Crippen molar-refractivity contribution >= 4 is 23.5 Å². The molecule has 0 fully saturated rings. The first kappa shape index (κ1) is 18.9. The van der Waals surface area contributed by atoms with Gasteiger partial charge in [0.2, 0.25) is 0 Å². The summed E-state index contributed by atoms with van der Waals surface area (Å²) in [5, 5.41) is 5.73. The van der Waals surface area contributed by atoms with E-state index in [-0.39, 0.29) is 6.03 Å². The van der Waals surface area contributed by atoms with E-state index in [1.165, 1.54) is 4.90 Å². The van der Waals surface area contributed by atoms with Gasteiger partial charge in [0.15, 0.2) is 5.82 Å². The molecule has 1 heterocycles. The minimum atomic E-state index is -0.195. The Kier molecular flexibility index (Phi) is 6.82. The maximum Gasteiger partial charge on any atom is 0.319 e. The zero-order chi connectivity index (χ0) is 18.9. The van der Waals surface area contributed by atoms with Crippen LogP contribution < -0.4 is 10.6 Å². The van der Waals surface area contributed by atoms with Crippen LogP contribution in [0, 0.1) is 6.92 Å². The Morgan fingerprint density at radius 2 is 1.81 bits per heavy atom. The van der Waals surface area contributed by atoms with E-state index in [0.29, 0.717) is 12.4 Å². The number of rotatable bonds is 7. The number of anilines is 1. The predicted octanol–water partition coefficient (Wildman–Crippen LogP) is 4.76. The molecular weight excluding hydrogens is 356 g/mol. The maximum atomic E-state index is 12.0. The summed E-state index contributed by atoms with van der Waals surface area (Å²) in [4.78, 5) is 21.9. The Bertz CT molecular complexity index is 869. The average Bonchev–Trinajstić information content (AvgIpc) is 2.69. The van der Waals surface area contributed by atoms with Crippen LogP contribution in [0.2, 0.25) is 0 Å². The van der Waals surface area contributed by atoms with Crippen LogP contribution in [0.5, 0.6) is 0 Å². The maximum absolute atomic E-state index is 12.0. The van der Waals surface area contributed by atoms with Crippen LogP contribution in [-0.4, -0.2) is 28.3 Å². The van der Waals surface area contributed by atoms with Gasteiger partial charge >= 0.3 is 6.03 Å². The minimum absolute atomic E-state index is 0.195. The molecule has 0 radical (unpaired) electrons. The van der Waals surface area contributed by atoms with E-state index in [9.17, 15) is 4.79 Å². The Labute approximate surface area is 163 Å². The molecule has 0 spiro atoms. The second-order valence-corrected chi connectivity index (χ2v) is 7.16. The summed E-state index contributed by atoms with van der Waals surface area (Å²) in [6.07, 6.45) is 2.66. The number of carbonyl (C=O) groups is 1. The van der Waals surface area contributed by atoms with Crippen LogP contribution in [0.25, 0.3) is 11.4 Å². The van der Waals surface area contributed by atoms with Gasteiger partial charge in [-0.2, -0.15) is 0 Å². The number of aryl methyl sites for hydroxylation is 1. The second-order valence-electron chi connectivity index (χ2n) is 5.99. The molecule has 2 aromatic carbocycles. The highest BCUT2D eigenvalue weighted by atomic mass is 32.2. The van der Waals surface area contributed by atoms with Crippen molar-refractivity contribution < 1.29 is 4.79 Å². The molecule has 6 heteroatoms. The van der Waals surface area contributed by atoms with Gasteiger partial charge in [0, 0.05) is 34.6 Å². The van der Waals surface area contributed by atoms with E-state index in [1.807, 2.05) is 55.5 Å². The molecule has 0 saturated heterocycles. The van der Waals surface area contributed by atoms with Crippen molar-refractivity contribution in [2.75, 3.05) is 17.6 Å². The van der Waals surface area contributed by atoms with Crippen molar-refractivity contribution in [2.24, 2.45) is 0 Å². The summed E-state index contributed by atoms with van der Waals surface area (Å²) >= 11 is 1.79. The van der Waals surface area contributed by atoms with Gasteiger partial charge in [-0.25, -0.2) is 14.8 Å². The van der Waals surface area contributed by atoms with Crippen molar-refractivity contribution in [3.8, 4) is 11.4 Å². The van der Waals surface area contributed by atoms with Crippen LogP contribution in [0.4, 0.5) is 10.5 Å². The van der Waals surface area contributed by atoms with Crippen LogP contribution in [0.15, 0.2) is 71.8 Å². The van der Waals surface area contributed by atoms with E-state index in [1.54, 1.807) is 18.0 Å². The first-order chi connectivity index (χ1) is 13.2. The number of nitrogens with one attached hydrogen (secondary N) is 2. The Morgan fingerprint density at radius 3 is 2.56 bits per heavy atom. The third kappa shape index (κ3) is 6.11. The number of aromatic nitrogens is 2. The molecule has 0 atom stereocenters. The van der Waals surface area contributed by atoms with Crippen molar-refractivity contribution in [3.63, 3.8) is 0 Å². The summed E-state index contributed by atoms with van der Waals surface area (Å²) < 4.78 is 0. The Balaban J connectivity index is 1.40. The highest BCUT2D eigenvalue weighted by molar-refractivity contribution is 7.99. The van der Waals surface area contributed by atoms with Gasteiger partial charge < -0.3 is 10.6 Å². The second kappa shape index (κ2) is 9.73. The van der Waals surface area contributed by atoms with E-state index in [4.69, 9.17) is 0 Å². The summed E-state index contributed by atoms with van der Waals surface area (Å²) in [6.45, 7) is 2.57. The zero-order valence-corrected chi connectivity index (χ0v) is 16.0. The van der Waals surface area contributed by atoms with Crippen LogP contribution in [0.1, 0.15) is 12.1 Å². The summed E-state index contributed by atoms with van der Waals surface area (Å²) in [5.41, 5.74) is 2.58. The number of hydrogen-bond donors (Lipinski definition) is 2. The van der Waals surface area contributed by atoms with Gasteiger partial charge in [-0.3, -0.25) is 0 Å². The van der Waals surface area contributed by atoms with Crippen LogP contribution >= 0.6 is 11.8 Å². The molecule has 0 bridgehead atoms. The molecule has 3 aromatic rings. The third-order valence-electron chi connectivity index (χ3n) is 3.81. The molecule has 5 nitrogen and oxygen atoms in total. The van der Waals surface area contributed by atoms with E-state index in [0.717, 1.165) is 29.1 Å². The Morgan fingerprint density at radius 1 is 1.04 bits per heavy atom. The molecule has 3 rings (SSSR count). The molecular formula is C21H22N4OS. The number of nitrogens with zero attached hydrogens (tertiary/aromatic N) is 2. The van der Waals surface area contributed by atoms with Gasteiger partial charge in [0.1, 0.15) is 0 Å². The first-order valence-corrected chi connectivity index (χ1v) is 9.82. The first-order valence-electron chi connectivity index (χ1n) is 8.83. The topological polar surface area (TPSA) is 66.9 Å². The standard InChI is InChI=1S/C21H22N4OS/c1-16-12-14-22-20(24-16)17-8-10-18(11-9-17)25-21(26)23-13-5-15-27-19-6-3-2-4-7-19/h2-4,6-12,14H,5,13,15H2,1H3,(H2,23,25,26). The largest absolute Gasteiger partial charge is 0.338 e. The van der Waals surface area contributed by atoms with Crippen LogP contribution in [-0.2, 0) is 0 Å². The fraction of sp³-hybridized carbons (Fsp3) is 0.190. The fourth-order valence-corrected chi connectivity index (χ4v) is 3.32. The number of carbonyl (C=O) groups excluding carboxylic acids is 1. The van der Waals surface area contributed by atoms with Crippen molar-refractivity contribution in [1.29, 1.82) is 0 Å². The zero-order valence-electron chi connectivity index (χ0n) is 15.2. The smallest absolute Gasteiger partial charge is 0.319 e. The van der Waals surface area contributed by atoms with E-state index < -0.39 is 0 Å². The van der Waals surface area contributed by atoms with Gasteiger partial charge in [-0.05, 0) is 61.6 Å². The highest BCUT2D eigenvalue weighted by Gasteiger charge is 2.04. The molecule has 0 aliphatic rings. The number of urea groups is 1. The normalized spacial score (nSPS) is 10.4. The molecule has 2 N–H and O–H groups in total. The van der Waals surface area contributed by atoms with Gasteiger partial charge in [0.05, 0.1) is 0 Å². The lowest BCUT2D eigenvalue weighted by molar-refractivity contribution is 0.252. The number of amides is 2. The minimum Gasteiger partial charge on any atom is -0.338 e. The highest BCUT2D eigenvalue weighted by Crippen LogP contribution is 2.18. The molecule has 0 aliphatic heterocycles. The van der Waals surface area contributed by atoms with Crippen LogP contribution in [0.3, 0.4) is 0 Å². The lowest BCUT2D eigenvalue weighted by Crippen LogP contribution is -2.29. The van der Waals surface area contributed by atoms with Gasteiger partial charge in [-0.1, -0.05) is 18.2 Å². The summed E-state index contributed by atoms with van der Waals surface area (Å²) in [6, 6.07) is 19.4. The molecule has 27 heavy (non-hydrogen) atoms. The molecule has 0 saturated carbocycles. The van der Waals surface area contributed by atoms with Gasteiger partial charge in [0.25, 0.3) is 0 Å². The quantitative estimate of drug-likeness (QED) is 0.460. The summed E-state index contributed by atoms with van der Waals surface area (Å²) in [7, 11) is 0. The van der Waals surface area contributed by atoms with Crippen molar-refractivity contribution in [1.82, 2.24) is 15.3 Å². The molecule has 1 aromatic heterocycles. The van der Waals surface area contributed by atoms with E-state index in [2.05, 4.69) is 32.7 Å². The number of hydrogen-bond acceptors (Lipinski definition) is 4. The number of benzene rings is 2. The third-order valence-corrected chi connectivity index (χ3v) is 4.91.